The zero-order chi connectivity index (χ0) is 28.8. The highest BCUT2D eigenvalue weighted by Crippen LogP contribution is 2.56. The third-order valence-corrected chi connectivity index (χ3v) is 8.20. The van der Waals surface area contributed by atoms with Crippen LogP contribution in [0.4, 0.5) is 5.69 Å². The van der Waals surface area contributed by atoms with E-state index in [9.17, 15) is 9.90 Å². The fourth-order valence-corrected chi connectivity index (χ4v) is 6.26. The molecule has 0 radical (unpaired) electrons. The zero-order valence-corrected chi connectivity index (χ0v) is 23.0. The van der Waals surface area contributed by atoms with Crippen LogP contribution in [0.3, 0.4) is 0 Å². The number of hydrogen-bond acceptors (Lipinski definition) is 9. The molecule has 1 saturated heterocycles. The Labute approximate surface area is 242 Å². The number of phenols is 1. The van der Waals surface area contributed by atoms with Crippen LogP contribution >= 0.6 is 0 Å². The summed E-state index contributed by atoms with van der Waals surface area (Å²) in [5, 5.41) is 14.2. The minimum Gasteiger partial charge on any atom is -0.502 e. The van der Waals surface area contributed by atoms with Gasteiger partial charge in [0.2, 0.25) is 12.5 Å². The molecule has 0 bridgehead atoms. The lowest BCUT2D eigenvalue weighted by Crippen LogP contribution is -2.37. The number of carbonyl (C=O) groups is 1. The molecule has 0 saturated carbocycles. The quantitative estimate of drug-likeness (QED) is 0.260. The number of nitrogens with one attached hydrogen (secondary N) is 1. The summed E-state index contributed by atoms with van der Waals surface area (Å²) in [7, 11) is 2.96. The number of para-hydroxylation sites is 1. The molecule has 4 aromatic carbocycles. The molecule has 1 fully saturated rings. The van der Waals surface area contributed by atoms with Crippen molar-refractivity contribution in [3.63, 3.8) is 0 Å². The molecule has 0 aromatic heterocycles. The lowest BCUT2D eigenvalue weighted by molar-refractivity contribution is -0.141. The first-order valence-electron chi connectivity index (χ1n) is 13.7. The van der Waals surface area contributed by atoms with Crippen molar-refractivity contribution in [3.05, 3.63) is 95.6 Å². The van der Waals surface area contributed by atoms with E-state index in [-0.39, 0.29) is 48.6 Å². The van der Waals surface area contributed by atoms with Crippen molar-refractivity contribution in [2.75, 3.05) is 32.9 Å². The molecule has 9 heteroatoms. The summed E-state index contributed by atoms with van der Waals surface area (Å²) in [6, 6.07) is 24.5. The van der Waals surface area contributed by atoms with Crippen molar-refractivity contribution in [1.29, 1.82) is 0 Å². The Balaban J connectivity index is 1.30. The third kappa shape index (κ3) is 4.38. The molecule has 0 spiro atoms. The SMILES string of the molecule is COc1cc(C2c3cc4c(cc3[C@@H](Nc3ccc(Oc5ccccc5)cc3)C3COC(=O)[C@H]23)OCO4)cc(OC)c1O. The number of hydrogen-bond donors (Lipinski definition) is 2. The molecular formula is C33H29NO8. The van der Waals surface area contributed by atoms with Crippen molar-refractivity contribution >= 4 is 11.7 Å². The van der Waals surface area contributed by atoms with Gasteiger partial charge in [0.15, 0.2) is 23.0 Å². The summed E-state index contributed by atoms with van der Waals surface area (Å²) >= 11 is 0. The molecule has 2 heterocycles. The lowest BCUT2D eigenvalue weighted by Gasteiger charge is -2.40. The van der Waals surface area contributed by atoms with E-state index in [2.05, 4.69) is 5.32 Å². The average Bonchev–Trinajstić information content (AvgIpc) is 3.64. The molecule has 2 N–H and O–H groups in total. The van der Waals surface area contributed by atoms with Gasteiger partial charge in [-0.2, -0.15) is 0 Å². The molecule has 0 amide bonds. The first-order chi connectivity index (χ1) is 20.5. The Hall–Kier alpha value is -5.05. The Kier molecular flexibility index (Phi) is 6.42. The second-order valence-electron chi connectivity index (χ2n) is 10.5. The minimum atomic E-state index is -0.505. The summed E-state index contributed by atoms with van der Waals surface area (Å²) in [5.41, 5.74) is 3.50. The highest BCUT2D eigenvalue weighted by Gasteiger charge is 2.52. The van der Waals surface area contributed by atoms with Crippen LogP contribution in [-0.4, -0.2) is 38.7 Å². The maximum absolute atomic E-state index is 13.4. The van der Waals surface area contributed by atoms with Crippen LogP contribution in [0, 0.1) is 11.8 Å². The predicted molar refractivity (Wildman–Crippen MR) is 153 cm³/mol. The first-order valence-corrected chi connectivity index (χ1v) is 13.7. The maximum Gasteiger partial charge on any atom is 0.310 e. The molecule has 42 heavy (non-hydrogen) atoms. The maximum atomic E-state index is 13.4. The Bertz CT molecular complexity index is 1610. The zero-order valence-electron chi connectivity index (χ0n) is 23.0. The summed E-state index contributed by atoms with van der Waals surface area (Å²) in [6.07, 6.45) is 0. The van der Waals surface area contributed by atoms with Crippen LogP contribution in [0.2, 0.25) is 0 Å². The Morgan fingerprint density at radius 1 is 0.810 bits per heavy atom. The summed E-state index contributed by atoms with van der Waals surface area (Å²) < 4.78 is 34.1. The van der Waals surface area contributed by atoms with Crippen LogP contribution in [0.1, 0.15) is 28.7 Å². The van der Waals surface area contributed by atoms with Crippen LogP contribution in [0.25, 0.3) is 0 Å². The molecule has 214 valence electrons. The van der Waals surface area contributed by atoms with Crippen molar-refractivity contribution in [1.82, 2.24) is 0 Å². The largest absolute Gasteiger partial charge is 0.502 e. The van der Waals surface area contributed by atoms with Crippen molar-refractivity contribution < 1.29 is 38.3 Å². The van der Waals surface area contributed by atoms with Gasteiger partial charge in [0, 0.05) is 17.5 Å². The second-order valence-corrected chi connectivity index (χ2v) is 10.5. The molecule has 4 atom stereocenters. The van der Waals surface area contributed by atoms with E-state index in [1.807, 2.05) is 66.7 Å². The smallest absolute Gasteiger partial charge is 0.310 e. The van der Waals surface area contributed by atoms with Crippen molar-refractivity contribution in [2.24, 2.45) is 11.8 Å². The number of phenolic OH excluding ortho intramolecular Hbond substituents is 1. The normalized spacial score (nSPS) is 21.6. The second kappa shape index (κ2) is 10.4. The van der Waals surface area contributed by atoms with Gasteiger partial charge in [0.25, 0.3) is 0 Å². The van der Waals surface area contributed by atoms with E-state index < -0.39 is 11.8 Å². The molecule has 3 aliphatic rings. The molecule has 2 aliphatic heterocycles. The van der Waals surface area contributed by atoms with Gasteiger partial charge in [0.05, 0.1) is 32.8 Å². The molecular weight excluding hydrogens is 538 g/mol. The van der Waals surface area contributed by atoms with Gasteiger partial charge in [0.1, 0.15) is 11.5 Å². The van der Waals surface area contributed by atoms with E-state index >= 15 is 0 Å². The van der Waals surface area contributed by atoms with Gasteiger partial charge in [-0.15, -0.1) is 0 Å². The van der Waals surface area contributed by atoms with Crippen LogP contribution in [0.5, 0.6) is 40.2 Å². The van der Waals surface area contributed by atoms with Crippen LogP contribution < -0.4 is 29.0 Å². The standard InChI is InChI=1S/C33H29NO8/c1-37-27-12-18(13-28(38-2)32(27)35)29-22-14-25-26(41-17-40-25)15-23(22)31(24-16-39-33(36)30(24)29)34-19-8-10-21(11-9-19)42-20-6-4-3-5-7-20/h3-15,24,29-31,34-35H,16-17H2,1-2H3/t24?,29?,30-,31+/m0/s1. The van der Waals surface area contributed by atoms with E-state index in [4.69, 9.17) is 28.4 Å². The lowest BCUT2D eigenvalue weighted by atomic mass is 9.65. The molecule has 2 unspecified atom stereocenters. The van der Waals surface area contributed by atoms with Gasteiger partial charge in [-0.3, -0.25) is 4.79 Å². The van der Waals surface area contributed by atoms with E-state index in [1.54, 1.807) is 12.1 Å². The van der Waals surface area contributed by atoms with Crippen molar-refractivity contribution in [3.8, 4) is 40.2 Å². The first kappa shape index (κ1) is 25.9. The van der Waals surface area contributed by atoms with Crippen LogP contribution in [0.15, 0.2) is 78.9 Å². The monoisotopic (exact) mass is 567 g/mol. The number of aromatic hydroxyl groups is 1. The highest BCUT2D eigenvalue weighted by molar-refractivity contribution is 5.79. The summed E-state index contributed by atoms with van der Waals surface area (Å²) in [5.74, 6) is 1.76. The number of esters is 1. The van der Waals surface area contributed by atoms with E-state index in [1.165, 1.54) is 14.2 Å². The molecule has 4 aromatic rings. The number of benzene rings is 4. The molecule has 9 nitrogen and oxygen atoms in total. The number of fused-ring (bicyclic) bond motifs is 3. The van der Waals surface area contributed by atoms with Gasteiger partial charge in [-0.05, 0) is 77.4 Å². The third-order valence-electron chi connectivity index (χ3n) is 8.20. The van der Waals surface area contributed by atoms with Gasteiger partial charge in [-0.1, -0.05) is 18.2 Å². The number of anilines is 1. The number of carbonyl (C=O) groups excluding carboxylic acids is 1. The fourth-order valence-electron chi connectivity index (χ4n) is 6.26. The number of methoxy groups -OCH3 is 2. The topological polar surface area (TPSA) is 105 Å². The molecule has 1 aliphatic carbocycles. The van der Waals surface area contributed by atoms with E-state index in [0.29, 0.717) is 17.2 Å². The average molecular weight is 568 g/mol. The molecule has 7 rings (SSSR count). The summed E-state index contributed by atoms with van der Waals surface area (Å²) in [6.45, 7) is 0.382. The summed E-state index contributed by atoms with van der Waals surface area (Å²) in [4.78, 5) is 13.4. The highest BCUT2D eigenvalue weighted by atomic mass is 16.7. The Morgan fingerprint density at radius 3 is 2.12 bits per heavy atom. The van der Waals surface area contributed by atoms with Gasteiger partial charge >= 0.3 is 5.97 Å². The number of ether oxygens (including phenoxy) is 6. The minimum absolute atomic E-state index is 0.102. The van der Waals surface area contributed by atoms with Crippen LogP contribution in [-0.2, 0) is 9.53 Å². The number of rotatable bonds is 7. The number of cyclic esters (lactones) is 1. The predicted octanol–water partition coefficient (Wildman–Crippen LogP) is 6.02. The van der Waals surface area contributed by atoms with E-state index in [0.717, 1.165) is 28.1 Å². The van der Waals surface area contributed by atoms with Gasteiger partial charge < -0.3 is 38.8 Å². The van der Waals surface area contributed by atoms with Gasteiger partial charge in [-0.25, -0.2) is 0 Å². The van der Waals surface area contributed by atoms with Crippen molar-refractivity contribution in [2.45, 2.75) is 12.0 Å². The Morgan fingerprint density at radius 2 is 1.45 bits per heavy atom. The fraction of sp³-hybridized carbons (Fsp3) is 0.242.